The van der Waals surface area contributed by atoms with Crippen molar-refractivity contribution >= 4 is 44.8 Å². The molecule has 110 valence electrons. The molecule has 0 fully saturated rings. The minimum absolute atomic E-state index is 0.121. The Bertz CT molecular complexity index is 807. The molecule has 1 amide bonds. The third kappa shape index (κ3) is 2.42. The minimum atomic E-state index is 0.121. The fraction of sp³-hybridized carbons (Fsp3) is 0.167. The molecule has 0 unspecified atom stereocenters. The van der Waals surface area contributed by atoms with E-state index >= 15 is 0 Å². The van der Waals surface area contributed by atoms with E-state index in [4.69, 9.17) is 0 Å². The predicted octanol–water partition coefficient (Wildman–Crippen LogP) is 5.04. The van der Waals surface area contributed by atoms with Crippen LogP contribution in [0.1, 0.15) is 16.1 Å². The number of anilines is 1. The summed E-state index contributed by atoms with van der Waals surface area (Å²) in [7, 11) is 0. The van der Waals surface area contributed by atoms with Crippen molar-refractivity contribution in [1.82, 2.24) is 0 Å². The van der Waals surface area contributed by atoms with Gasteiger partial charge < -0.3 is 4.90 Å². The van der Waals surface area contributed by atoms with Crippen molar-refractivity contribution in [2.24, 2.45) is 0 Å². The van der Waals surface area contributed by atoms with Gasteiger partial charge in [0.15, 0.2) is 0 Å². The van der Waals surface area contributed by atoms with Gasteiger partial charge in [-0.05, 0) is 41.8 Å². The number of carbonyl (C=O) groups excluding carboxylic acids is 1. The molecule has 22 heavy (non-hydrogen) atoms. The van der Waals surface area contributed by atoms with Gasteiger partial charge in [-0.25, -0.2) is 0 Å². The smallest absolute Gasteiger partial charge is 0.268 e. The first-order chi connectivity index (χ1) is 10.8. The molecule has 0 saturated heterocycles. The molecule has 4 rings (SSSR count). The van der Waals surface area contributed by atoms with E-state index in [9.17, 15) is 4.79 Å². The number of thiophene rings is 1. The lowest BCUT2D eigenvalue weighted by molar-refractivity contribution is 0.0990. The molecule has 4 heteroatoms. The lowest BCUT2D eigenvalue weighted by Crippen LogP contribution is -2.31. The van der Waals surface area contributed by atoms with Crippen molar-refractivity contribution < 1.29 is 4.79 Å². The Balaban J connectivity index is 1.75. The highest BCUT2D eigenvalue weighted by Gasteiger charge is 2.23. The van der Waals surface area contributed by atoms with Crippen LogP contribution in [-0.4, -0.2) is 18.2 Å². The van der Waals surface area contributed by atoms with Gasteiger partial charge in [0.05, 0.1) is 10.6 Å². The molecule has 0 aliphatic carbocycles. The molecule has 1 aliphatic heterocycles. The van der Waals surface area contributed by atoms with Gasteiger partial charge >= 0.3 is 0 Å². The third-order valence-electron chi connectivity index (χ3n) is 3.82. The van der Waals surface area contributed by atoms with Crippen LogP contribution >= 0.6 is 23.1 Å². The van der Waals surface area contributed by atoms with Crippen LogP contribution in [0.25, 0.3) is 10.1 Å². The second kappa shape index (κ2) is 5.78. The molecule has 0 spiro atoms. The fourth-order valence-corrected chi connectivity index (χ4v) is 4.76. The molecule has 2 aromatic carbocycles. The molecule has 1 aliphatic rings. The number of hydrogen-bond acceptors (Lipinski definition) is 3. The summed E-state index contributed by atoms with van der Waals surface area (Å²) in [5.41, 5.74) is 1.05. The number of para-hydroxylation sites is 1. The molecule has 2 heterocycles. The Kier molecular flexibility index (Phi) is 3.64. The summed E-state index contributed by atoms with van der Waals surface area (Å²) in [6, 6.07) is 18.4. The molecular formula is C18H15NOS2. The summed E-state index contributed by atoms with van der Waals surface area (Å²) in [6.45, 7) is 0.789. The number of amides is 1. The van der Waals surface area contributed by atoms with Gasteiger partial charge in [-0.15, -0.1) is 23.1 Å². The molecular weight excluding hydrogens is 310 g/mol. The van der Waals surface area contributed by atoms with E-state index in [1.54, 1.807) is 11.3 Å². The average Bonchev–Trinajstić information content (AvgIpc) is 2.87. The van der Waals surface area contributed by atoms with Crippen molar-refractivity contribution in [2.75, 3.05) is 17.2 Å². The van der Waals surface area contributed by atoms with Crippen molar-refractivity contribution in [3.63, 3.8) is 0 Å². The number of thioether (sulfide) groups is 1. The zero-order valence-electron chi connectivity index (χ0n) is 12.0. The lowest BCUT2D eigenvalue weighted by atomic mass is 10.2. The van der Waals surface area contributed by atoms with Gasteiger partial charge in [-0.1, -0.05) is 30.3 Å². The van der Waals surface area contributed by atoms with Gasteiger partial charge in [-0.2, -0.15) is 0 Å². The first-order valence-corrected chi connectivity index (χ1v) is 9.15. The quantitative estimate of drug-likeness (QED) is 0.624. The molecule has 1 aromatic heterocycles. The van der Waals surface area contributed by atoms with Gasteiger partial charge in [0.25, 0.3) is 5.91 Å². The summed E-state index contributed by atoms with van der Waals surface area (Å²) in [4.78, 5) is 17.0. The van der Waals surface area contributed by atoms with Crippen LogP contribution in [0.5, 0.6) is 0 Å². The zero-order chi connectivity index (χ0) is 14.9. The Morgan fingerprint density at radius 3 is 2.77 bits per heavy atom. The number of benzene rings is 2. The van der Waals surface area contributed by atoms with E-state index in [0.717, 1.165) is 34.7 Å². The van der Waals surface area contributed by atoms with Crippen molar-refractivity contribution in [3.8, 4) is 0 Å². The van der Waals surface area contributed by atoms with Gasteiger partial charge in [0.1, 0.15) is 0 Å². The summed E-state index contributed by atoms with van der Waals surface area (Å²) >= 11 is 3.42. The van der Waals surface area contributed by atoms with Crippen LogP contribution in [-0.2, 0) is 0 Å². The molecule has 2 nitrogen and oxygen atoms in total. The molecule has 0 radical (unpaired) electrons. The Morgan fingerprint density at radius 1 is 1.05 bits per heavy atom. The highest BCUT2D eigenvalue weighted by molar-refractivity contribution is 7.99. The van der Waals surface area contributed by atoms with Gasteiger partial charge in [0.2, 0.25) is 0 Å². The monoisotopic (exact) mass is 325 g/mol. The SMILES string of the molecule is O=C(c1cc2ccccc2s1)N1CCCSc2ccccc21. The number of carbonyl (C=O) groups is 1. The largest absolute Gasteiger partial charge is 0.307 e. The van der Waals surface area contributed by atoms with Gasteiger partial charge in [0, 0.05) is 16.1 Å². The van der Waals surface area contributed by atoms with E-state index in [-0.39, 0.29) is 5.91 Å². The second-order valence-corrected chi connectivity index (χ2v) is 7.50. The molecule has 0 atom stereocenters. The molecule has 3 aromatic rings. The third-order valence-corrected chi connectivity index (χ3v) is 6.07. The first kappa shape index (κ1) is 13.9. The minimum Gasteiger partial charge on any atom is -0.307 e. The number of nitrogens with zero attached hydrogens (tertiary/aromatic N) is 1. The van der Waals surface area contributed by atoms with E-state index in [1.807, 2.05) is 47.0 Å². The molecule has 0 N–H and O–H groups in total. The summed E-state index contributed by atoms with van der Waals surface area (Å²) < 4.78 is 1.17. The average molecular weight is 325 g/mol. The van der Waals surface area contributed by atoms with E-state index < -0.39 is 0 Å². The number of hydrogen-bond donors (Lipinski definition) is 0. The van der Waals surface area contributed by atoms with Crippen molar-refractivity contribution in [2.45, 2.75) is 11.3 Å². The Hall–Kier alpha value is -1.78. The zero-order valence-corrected chi connectivity index (χ0v) is 13.6. The molecule has 0 saturated carbocycles. The van der Waals surface area contributed by atoms with E-state index in [1.165, 1.54) is 9.60 Å². The Morgan fingerprint density at radius 2 is 1.86 bits per heavy atom. The second-order valence-electron chi connectivity index (χ2n) is 5.28. The van der Waals surface area contributed by atoms with Crippen LogP contribution < -0.4 is 4.90 Å². The number of fused-ring (bicyclic) bond motifs is 2. The van der Waals surface area contributed by atoms with E-state index in [2.05, 4.69) is 24.3 Å². The van der Waals surface area contributed by atoms with Crippen LogP contribution in [0.4, 0.5) is 5.69 Å². The highest BCUT2D eigenvalue weighted by atomic mass is 32.2. The summed E-state index contributed by atoms with van der Waals surface area (Å²) in [6.07, 6.45) is 1.02. The highest BCUT2D eigenvalue weighted by Crippen LogP contribution is 2.35. The normalized spacial score (nSPS) is 14.6. The number of rotatable bonds is 1. The maximum atomic E-state index is 13.0. The Labute approximate surface area is 137 Å². The van der Waals surface area contributed by atoms with E-state index in [0.29, 0.717) is 0 Å². The maximum absolute atomic E-state index is 13.0. The van der Waals surface area contributed by atoms with Crippen molar-refractivity contribution in [3.05, 3.63) is 59.5 Å². The predicted molar refractivity (Wildman–Crippen MR) is 95.3 cm³/mol. The van der Waals surface area contributed by atoms with Crippen LogP contribution in [0, 0.1) is 0 Å². The summed E-state index contributed by atoms with van der Waals surface area (Å²) in [5, 5.41) is 1.15. The van der Waals surface area contributed by atoms with Crippen LogP contribution in [0.3, 0.4) is 0 Å². The van der Waals surface area contributed by atoms with Gasteiger partial charge in [-0.3, -0.25) is 4.79 Å². The standard InChI is InChI=1S/C18H15NOS2/c20-18(17-12-13-6-1-3-8-15(13)22-17)19-10-5-11-21-16-9-4-2-7-14(16)19/h1-4,6-9,12H,5,10-11H2. The fourth-order valence-electron chi connectivity index (χ4n) is 2.76. The lowest BCUT2D eigenvalue weighted by Gasteiger charge is -2.21. The van der Waals surface area contributed by atoms with Crippen molar-refractivity contribution in [1.29, 1.82) is 0 Å². The summed E-state index contributed by atoms with van der Waals surface area (Å²) in [5.74, 6) is 1.18. The maximum Gasteiger partial charge on any atom is 0.268 e. The molecule has 0 bridgehead atoms. The topological polar surface area (TPSA) is 20.3 Å². The van der Waals surface area contributed by atoms with Crippen LogP contribution in [0.15, 0.2) is 59.5 Å². The first-order valence-electron chi connectivity index (χ1n) is 7.35. The van der Waals surface area contributed by atoms with Crippen LogP contribution in [0.2, 0.25) is 0 Å².